The number of carbonyl (C=O) groups is 2. The van der Waals surface area contributed by atoms with Crippen molar-refractivity contribution in [2.45, 2.75) is 110 Å². The van der Waals surface area contributed by atoms with Gasteiger partial charge in [-0.1, -0.05) is 88.6 Å². The molecule has 0 bridgehead atoms. The summed E-state index contributed by atoms with van der Waals surface area (Å²) in [5, 5.41) is 0. The van der Waals surface area contributed by atoms with Gasteiger partial charge in [-0.3, -0.25) is 4.79 Å². The Labute approximate surface area is 189 Å². The molecule has 0 saturated heterocycles. The lowest BCUT2D eigenvalue weighted by Gasteiger charge is -2.14. The molecule has 0 aliphatic carbocycles. The highest BCUT2D eigenvalue weighted by molar-refractivity contribution is 5.89. The van der Waals surface area contributed by atoms with Gasteiger partial charge >= 0.3 is 11.9 Å². The molecule has 0 aliphatic heterocycles. The average Bonchev–Trinajstić information content (AvgIpc) is 2.77. The van der Waals surface area contributed by atoms with Crippen LogP contribution in [0.5, 0.6) is 0 Å². The molecule has 1 aromatic carbocycles. The fraction of sp³-hybridized carbons (Fsp3) is 0.630. The highest BCUT2D eigenvalue weighted by atomic mass is 16.7. The molecule has 31 heavy (non-hydrogen) atoms. The number of unbranched alkanes of at least 4 members (excludes halogenated alkanes) is 11. The Morgan fingerprint density at radius 1 is 0.774 bits per heavy atom. The zero-order valence-electron chi connectivity index (χ0n) is 19.7. The molecule has 1 unspecified atom stereocenters. The molecular weight excluding hydrogens is 388 g/mol. The molecule has 1 aromatic rings. The molecule has 0 heterocycles. The lowest BCUT2D eigenvalue weighted by atomic mass is 10.1. The van der Waals surface area contributed by atoms with Crippen molar-refractivity contribution in [3.8, 4) is 0 Å². The van der Waals surface area contributed by atoms with Crippen molar-refractivity contribution in [1.29, 1.82) is 0 Å². The summed E-state index contributed by atoms with van der Waals surface area (Å²) in [4.78, 5) is 23.8. The fourth-order valence-corrected chi connectivity index (χ4v) is 3.40. The fourth-order valence-electron chi connectivity index (χ4n) is 3.40. The predicted octanol–water partition coefficient (Wildman–Crippen LogP) is 7.77. The van der Waals surface area contributed by atoms with Gasteiger partial charge in [-0.25, -0.2) is 4.79 Å². The van der Waals surface area contributed by atoms with Gasteiger partial charge in [-0.05, 0) is 44.2 Å². The Bertz CT molecular complexity index is 609. The molecule has 1 rings (SSSR count). The summed E-state index contributed by atoms with van der Waals surface area (Å²) in [5.41, 5.74) is 0.447. The van der Waals surface area contributed by atoms with Crippen LogP contribution in [0.15, 0.2) is 42.5 Å². The van der Waals surface area contributed by atoms with Crippen molar-refractivity contribution < 1.29 is 19.1 Å². The zero-order chi connectivity index (χ0) is 22.6. The largest absolute Gasteiger partial charge is 0.425 e. The minimum atomic E-state index is -0.872. The molecule has 4 nitrogen and oxygen atoms in total. The maximum Gasteiger partial charge on any atom is 0.341 e. The van der Waals surface area contributed by atoms with Crippen molar-refractivity contribution in [2.75, 3.05) is 0 Å². The molecule has 1 atom stereocenters. The number of carbonyl (C=O) groups excluding carboxylic acids is 2. The highest BCUT2D eigenvalue weighted by Crippen LogP contribution is 2.11. The van der Waals surface area contributed by atoms with Gasteiger partial charge in [0.05, 0.1) is 5.56 Å². The number of rotatable bonds is 18. The molecule has 174 valence electrons. The van der Waals surface area contributed by atoms with E-state index in [4.69, 9.17) is 9.47 Å². The normalized spacial score (nSPS) is 12.1. The van der Waals surface area contributed by atoms with Crippen LogP contribution in [0.3, 0.4) is 0 Å². The maximum absolute atomic E-state index is 11.9. The first kappa shape index (κ1) is 26.9. The molecule has 0 saturated carbocycles. The van der Waals surface area contributed by atoms with E-state index in [0.29, 0.717) is 12.0 Å². The number of benzene rings is 1. The summed E-state index contributed by atoms with van der Waals surface area (Å²) < 4.78 is 10.3. The van der Waals surface area contributed by atoms with Crippen molar-refractivity contribution in [2.24, 2.45) is 0 Å². The van der Waals surface area contributed by atoms with E-state index in [9.17, 15) is 9.59 Å². The van der Waals surface area contributed by atoms with Crippen LogP contribution in [0.4, 0.5) is 0 Å². The van der Waals surface area contributed by atoms with E-state index >= 15 is 0 Å². The lowest BCUT2D eigenvalue weighted by molar-refractivity contribution is -0.165. The quantitative estimate of drug-likeness (QED) is 0.103. The Kier molecular flexibility index (Phi) is 16.2. The Morgan fingerprint density at radius 2 is 1.32 bits per heavy atom. The summed E-state index contributed by atoms with van der Waals surface area (Å²) in [7, 11) is 0. The minimum Gasteiger partial charge on any atom is -0.425 e. The number of esters is 2. The van der Waals surface area contributed by atoms with Gasteiger partial charge in [0.25, 0.3) is 0 Å². The van der Waals surface area contributed by atoms with Crippen LogP contribution in [-0.4, -0.2) is 18.2 Å². The second-order valence-electron chi connectivity index (χ2n) is 8.16. The van der Waals surface area contributed by atoms with Gasteiger partial charge in [0.2, 0.25) is 6.29 Å². The van der Waals surface area contributed by atoms with Crippen LogP contribution in [0, 0.1) is 0 Å². The van der Waals surface area contributed by atoms with E-state index in [2.05, 4.69) is 19.1 Å². The number of hydrogen-bond acceptors (Lipinski definition) is 4. The topological polar surface area (TPSA) is 52.6 Å². The van der Waals surface area contributed by atoms with Crippen LogP contribution >= 0.6 is 0 Å². The summed E-state index contributed by atoms with van der Waals surface area (Å²) >= 11 is 0. The van der Waals surface area contributed by atoms with E-state index in [0.717, 1.165) is 25.7 Å². The van der Waals surface area contributed by atoms with Gasteiger partial charge in [0.1, 0.15) is 0 Å². The third-order valence-electron chi connectivity index (χ3n) is 5.22. The molecule has 0 aliphatic rings. The van der Waals surface area contributed by atoms with E-state index in [1.165, 1.54) is 57.8 Å². The molecule has 0 amide bonds. The van der Waals surface area contributed by atoms with Gasteiger partial charge in [-0.15, -0.1) is 0 Å². The third-order valence-corrected chi connectivity index (χ3v) is 5.22. The molecule has 4 heteroatoms. The SMILES string of the molecule is CCCCCCCC/C=C\CCCCCCCC(=O)OC(C)OC(=O)c1ccccc1. The second-order valence-corrected chi connectivity index (χ2v) is 8.16. The highest BCUT2D eigenvalue weighted by Gasteiger charge is 2.15. The second kappa shape index (κ2) is 18.7. The number of ether oxygens (including phenoxy) is 2. The zero-order valence-corrected chi connectivity index (χ0v) is 19.7. The lowest BCUT2D eigenvalue weighted by Crippen LogP contribution is -2.21. The summed E-state index contributed by atoms with van der Waals surface area (Å²) in [5.74, 6) is -0.798. The first-order valence-electron chi connectivity index (χ1n) is 12.2. The minimum absolute atomic E-state index is 0.314. The molecule has 0 N–H and O–H groups in total. The van der Waals surface area contributed by atoms with Crippen molar-refractivity contribution in [3.05, 3.63) is 48.0 Å². The summed E-state index contributed by atoms with van der Waals surface area (Å²) in [6.07, 6.45) is 20.0. The average molecular weight is 431 g/mol. The van der Waals surface area contributed by atoms with Crippen LogP contribution in [-0.2, 0) is 14.3 Å². The Hall–Kier alpha value is -2.10. The van der Waals surface area contributed by atoms with Crippen molar-refractivity contribution >= 4 is 11.9 Å². The summed E-state index contributed by atoms with van der Waals surface area (Å²) in [6.45, 7) is 3.82. The van der Waals surface area contributed by atoms with E-state index < -0.39 is 12.3 Å². The molecule has 0 radical (unpaired) electrons. The number of allylic oxidation sites excluding steroid dienone is 2. The predicted molar refractivity (Wildman–Crippen MR) is 127 cm³/mol. The van der Waals surface area contributed by atoms with Crippen molar-refractivity contribution in [3.63, 3.8) is 0 Å². The monoisotopic (exact) mass is 430 g/mol. The van der Waals surface area contributed by atoms with Crippen LogP contribution in [0.1, 0.15) is 114 Å². The molecule has 0 fully saturated rings. The number of hydrogen-bond donors (Lipinski definition) is 0. The standard InChI is InChI=1S/C27H42O4/c1-3-4-5-6-7-8-9-10-11-12-13-14-15-16-20-23-26(28)30-24(2)31-27(29)25-21-18-17-19-22-25/h10-11,17-19,21-22,24H,3-9,12-16,20,23H2,1-2H3/b11-10-. The smallest absolute Gasteiger partial charge is 0.341 e. The summed E-state index contributed by atoms with van der Waals surface area (Å²) in [6, 6.07) is 8.69. The van der Waals surface area contributed by atoms with Gasteiger partial charge in [-0.2, -0.15) is 0 Å². The van der Waals surface area contributed by atoms with Gasteiger partial charge in [0, 0.05) is 13.3 Å². The van der Waals surface area contributed by atoms with E-state index in [1.54, 1.807) is 31.2 Å². The van der Waals surface area contributed by atoms with Gasteiger partial charge in [0.15, 0.2) is 0 Å². The van der Waals surface area contributed by atoms with E-state index in [1.807, 2.05) is 6.07 Å². The maximum atomic E-state index is 11.9. The van der Waals surface area contributed by atoms with Crippen LogP contribution in [0.2, 0.25) is 0 Å². The molecule has 0 spiro atoms. The van der Waals surface area contributed by atoms with Crippen molar-refractivity contribution in [1.82, 2.24) is 0 Å². The molecule has 0 aromatic heterocycles. The van der Waals surface area contributed by atoms with E-state index in [-0.39, 0.29) is 5.97 Å². The Morgan fingerprint density at radius 3 is 1.94 bits per heavy atom. The van der Waals surface area contributed by atoms with Gasteiger partial charge < -0.3 is 9.47 Å². The first-order chi connectivity index (χ1) is 15.1. The molecular formula is C27H42O4. The first-order valence-corrected chi connectivity index (χ1v) is 12.2. The Balaban J connectivity index is 1.93. The third kappa shape index (κ3) is 15.4. The van der Waals surface area contributed by atoms with Crippen LogP contribution in [0.25, 0.3) is 0 Å². The van der Waals surface area contributed by atoms with Crippen LogP contribution < -0.4 is 0 Å².